The van der Waals surface area contributed by atoms with Gasteiger partial charge in [0.25, 0.3) is 0 Å². The molecular formula is C18H21ClN2O3S. The molecule has 0 unspecified atom stereocenters. The molecule has 0 fully saturated rings. The van der Waals surface area contributed by atoms with E-state index in [9.17, 15) is 13.2 Å². The number of benzene rings is 2. The van der Waals surface area contributed by atoms with Crippen molar-refractivity contribution >= 4 is 33.2 Å². The van der Waals surface area contributed by atoms with Crippen molar-refractivity contribution in [1.82, 2.24) is 5.32 Å². The van der Waals surface area contributed by atoms with Gasteiger partial charge in [0.15, 0.2) is 0 Å². The molecule has 0 saturated carbocycles. The topological polar surface area (TPSA) is 66.5 Å². The van der Waals surface area contributed by atoms with Gasteiger partial charge in [-0.2, -0.15) is 0 Å². The van der Waals surface area contributed by atoms with Crippen LogP contribution in [0.25, 0.3) is 0 Å². The van der Waals surface area contributed by atoms with E-state index in [2.05, 4.69) is 5.32 Å². The van der Waals surface area contributed by atoms with Gasteiger partial charge in [-0.3, -0.25) is 9.10 Å². The van der Waals surface area contributed by atoms with E-state index < -0.39 is 10.0 Å². The number of hydrogen-bond acceptors (Lipinski definition) is 3. The summed E-state index contributed by atoms with van der Waals surface area (Å²) in [7, 11) is -3.44. The van der Waals surface area contributed by atoms with Crippen LogP contribution >= 0.6 is 11.6 Å². The minimum Gasteiger partial charge on any atom is -0.352 e. The predicted octanol–water partition coefficient (Wildman–Crippen LogP) is 3.20. The van der Waals surface area contributed by atoms with Crippen LogP contribution in [-0.4, -0.2) is 27.1 Å². The van der Waals surface area contributed by atoms with E-state index >= 15 is 0 Å². The first-order valence-corrected chi connectivity index (χ1v) is 10.1. The van der Waals surface area contributed by atoms with Gasteiger partial charge in [-0.25, -0.2) is 8.42 Å². The van der Waals surface area contributed by atoms with Crippen LogP contribution in [0.15, 0.2) is 54.6 Å². The van der Waals surface area contributed by atoms with Gasteiger partial charge in [0.05, 0.1) is 11.9 Å². The molecule has 1 amide bonds. The first-order chi connectivity index (χ1) is 11.9. The molecule has 0 aromatic heterocycles. The lowest BCUT2D eigenvalue weighted by molar-refractivity contribution is -0.121. The minimum atomic E-state index is -3.44. The highest BCUT2D eigenvalue weighted by atomic mass is 35.5. The molecular weight excluding hydrogens is 360 g/mol. The lowest BCUT2D eigenvalue weighted by atomic mass is 10.2. The molecule has 0 saturated heterocycles. The van der Waals surface area contributed by atoms with E-state index in [-0.39, 0.29) is 18.9 Å². The van der Waals surface area contributed by atoms with Gasteiger partial charge >= 0.3 is 0 Å². The van der Waals surface area contributed by atoms with Gasteiger partial charge < -0.3 is 5.32 Å². The SMILES string of the molecule is CS(=O)(=O)N(CCCC(=O)NCc1ccccc1)c1cccc(Cl)c1. The molecule has 0 aliphatic rings. The number of sulfonamides is 1. The van der Waals surface area contributed by atoms with E-state index in [1.54, 1.807) is 24.3 Å². The third-order valence-electron chi connectivity index (χ3n) is 3.59. The van der Waals surface area contributed by atoms with Crippen LogP contribution in [0, 0.1) is 0 Å². The number of carbonyl (C=O) groups excluding carboxylic acids is 1. The van der Waals surface area contributed by atoms with Gasteiger partial charge in [0.1, 0.15) is 0 Å². The minimum absolute atomic E-state index is 0.108. The Kier molecular flexibility index (Phi) is 6.84. The molecule has 2 aromatic rings. The third kappa shape index (κ3) is 6.40. The molecule has 0 atom stereocenters. The molecule has 2 rings (SSSR count). The number of amides is 1. The Hall–Kier alpha value is -2.05. The number of carbonyl (C=O) groups is 1. The second kappa shape index (κ2) is 8.87. The van der Waals surface area contributed by atoms with E-state index in [0.717, 1.165) is 11.8 Å². The molecule has 1 N–H and O–H groups in total. The van der Waals surface area contributed by atoms with Crippen molar-refractivity contribution in [2.24, 2.45) is 0 Å². The maximum atomic E-state index is 12.0. The van der Waals surface area contributed by atoms with Crippen LogP contribution in [0.4, 0.5) is 5.69 Å². The van der Waals surface area contributed by atoms with E-state index in [4.69, 9.17) is 11.6 Å². The fourth-order valence-corrected chi connectivity index (χ4v) is 3.53. The van der Waals surface area contributed by atoms with Crippen molar-refractivity contribution in [3.05, 3.63) is 65.2 Å². The van der Waals surface area contributed by atoms with Gasteiger partial charge in [-0.1, -0.05) is 48.0 Å². The van der Waals surface area contributed by atoms with Gasteiger partial charge in [-0.05, 0) is 30.2 Å². The number of nitrogens with zero attached hydrogens (tertiary/aromatic N) is 1. The van der Waals surface area contributed by atoms with Crippen LogP contribution < -0.4 is 9.62 Å². The predicted molar refractivity (Wildman–Crippen MR) is 101 cm³/mol. The van der Waals surface area contributed by atoms with Gasteiger partial charge in [0.2, 0.25) is 15.9 Å². The molecule has 0 aliphatic heterocycles. The lowest BCUT2D eigenvalue weighted by Crippen LogP contribution is -2.32. The molecule has 0 spiro atoms. The zero-order valence-electron chi connectivity index (χ0n) is 14.0. The zero-order chi connectivity index (χ0) is 18.3. The summed E-state index contributed by atoms with van der Waals surface area (Å²) in [6, 6.07) is 16.3. The highest BCUT2D eigenvalue weighted by Gasteiger charge is 2.17. The largest absolute Gasteiger partial charge is 0.352 e. The Bertz CT molecular complexity index is 810. The fraction of sp³-hybridized carbons (Fsp3) is 0.278. The Morgan fingerprint density at radius 3 is 2.48 bits per heavy atom. The quantitative estimate of drug-likeness (QED) is 0.764. The van der Waals surface area contributed by atoms with E-state index in [0.29, 0.717) is 23.7 Å². The first kappa shape index (κ1) is 19.3. The fourth-order valence-electron chi connectivity index (χ4n) is 2.39. The van der Waals surface area contributed by atoms with Crippen molar-refractivity contribution in [3.8, 4) is 0 Å². The Labute approximate surface area is 153 Å². The average Bonchev–Trinajstić information content (AvgIpc) is 2.56. The molecule has 134 valence electrons. The van der Waals surface area contributed by atoms with Crippen LogP contribution in [0.5, 0.6) is 0 Å². The molecule has 7 heteroatoms. The summed E-state index contributed by atoms with van der Waals surface area (Å²) in [5.74, 6) is -0.108. The van der Waals surface area contributed by atoms with Gasteiger partial charge in [0, 0.05) is 24.5 Å². The summed E-state index contributed by atoms with van der Waals surface area (Å²) in [6.07, 6.45) is 1.81. The summed E-state index contributed by atoms with van der Waals surface area (Å²) in [4.78, 5) is 11.9. The molecule has 5 nitrogen and oxygen atoms in total. The highest BCUT2D eigenvalue weighted by Crippen LogP contribution is 2.22. The summed E-state index contributed by atoms with van der Waals surface area (Å²) < 4.78 is 25.3. The lowest BCUT2D eigenvalue weighted by Gasteiger charge is -2.22. The number of anilines is 1. The standard InChI is InChI=1S/C18H21ClN2O3S/c1-25(23,24)21(17-10-5-9-16(19)13-17)12-6-11-18(22)20-14-15-7-3-2-4-8-15/h2-5,7-10,13H,6,11-12,14H2,1H3,(H,20,22). The van der Waals surface area contributed by atoms with Gasteiger partial charge in [-0.15, -0.1) is 0 Å². The summed E-state index contributed by atoms with van der Waals surface area (Å²) in [5.41, 5.74) is 1.52. The maximum Gasteiger partial charge on any atom is 0.232 e. The molecule has 0 aliphatic carbocycles. The second-order valence-electron chi connectivity index (χ2n) is 5.68. The van der Waals surface area contributed by atoms with Crippen molar-refractivity contribution < 1.29 is 13.2 Å². The van der Waals surface area contributed by atoms with Crippen LogP contribution in [0.3, 0.4) is 0 Å². The number of hydrogen-bond donors (Lipinski definition) is 1. The summed E-state index contributed by atoms with van der Waals surface area (Å²) in [6.45, 7) is 0.682. The zero-order valence-corrected chi connectivity index (χ0v) is 15.6. The van der Waals surface area contributed by atoms with E-state index in [1.165, 1.54) is 4.31 Å². The van der Waals surface area contributed by atoms with Crippen LogP contribution in [-0.2, 0) is 21.4 Å². The first-order valence-electron chi connectivity index (χ1n) is 7.90. The Morgan fingerprint density at radius 2 is 1.84 bits per heavy atom. The van der Waals surface area contributed by atoms with E-state index in [1.807, 2.05) is 30.3 Å². The summed E-state index contributed by atoms with van der Waals surface area (Å²) >= 11 is 5.94. The third-order valence-corrected chi connectivity index (χ3v) is 5.02. The Balaban J connectivity index is 1.87. The van der Waals surface area contributed by atoms with Crippen LogP contribution in [0.2, 0.25) is 5.02 Å². The molecule has 0 bridgehead atoms. The summed E-state index contributed by atoms with van der Waals surface area (Å²) in [5, 5.41) is 3.30. The number of nitrogens with one attached hydrogen (secondary N) is 1. The molecule has 2 aromatic carbocycles. The molecule has 0 radical (unpaired) electrons. The monoisotopic (exact) mass is 380 g/mol. The molecule has 25 heavy (non-hydrogen) atoms. The normalized spacial score (nSPS) is 11.1. The maximum absolute atomic E-state index is 12.0. The number of halogens is 1. The van der Waals surface area contributed by atoms with Crippen molar-refractivity contribution in [2.45, 2.75) is 19.4 Å². The van der Waals surface area contributed by atoms with Crippen molar-refractivity contribution in [3.63, 3.8) is 0 Å². The van der Waals surface area contributed by atoms with Crippen molar-refractivity contribution in [2.75, 3.05) is 17.1 Å². The smallest absolute Gasteiger partial charge is 0.232 e. The highest BCUT2D eigenvalue weighted by molar-refractivity contribution is 7.92. The molecule has 0 heterocycles. The van der Waals surface area contributed by atoms with Crippen molar-refractivity contribution in [1.29, 1.82) is 0 Å². The van der Waals surface area contributed by atoms with Crippen LogP contribution in [0.1, 0.15) is 18.4 Å². The number of rotatable bonds is 8. The Morgan fingerprint density at radius 1 is 1.12 bits per heavy atom. The average molecular weight is 381 g/mol. The second-order valence-corrected chi connectivity index (χ2v) is 8.02.